The number of ether oxygens (including phenoxy) is 1. The Labute approximate surface area is 159 Å². The molecule has 1 atom stereocenters. The molecule has 128 valence electrons. The van der Waals surface area contributed by atoms with Gasteiger partial charge in [-0.1, -0.05) is 23.7 Å². The van der Waals surface area contributed by atoms with E-state index in [9.17, 15) is 4.79 Å². The summed E-state index contributed by atoms with van der Waals surface area (Å²) in [6.45, 7) is 0.732. The normalized spacial score (nSPS) is 16.5. The maximum absolute atomic E-state index is 12.9. The van der Waals surface area contributed by atoms with Crippen LogP contribution in [0.2, 0.25) is 5.02 Å². The Morgan fingerprint density at radius 1 is 1.20 bits per heavy atom. The number of nitrogens with zero attached hydrogens (tertiary/aromatic N) is 1. The lowest BCUT2D eigenvalue weighted by atomic mass is 9.98. The molecule has 1 unspecified atom stereocenters. The molecule has 6 heteroatoms. The van der Waals surface area contributed by atoms with Gasteiger partial charge in [0, 0.05) is 21.3 Å². The Morgan fingerprint density at radius 2 is 2.12 bits per heavy atom. The molecule has 0 N–H and O–H groups in total. The van der Waals surface area contributed by atoms with Crippen LogP contribution < -0.4 is 4.74 Å². The van der Waals surface area contributed by atoms with Crippen LogP contribution >= 0.6 is 34.3 Å². The standard InChI is InChI=1S/C19H16ClNO2S2/c20-13-3-1-4-14(11-13)23-12-18(22)21-8-6-16-15(7-10-25-16)19(21)17-5-2-9-24-17/h1-5,7,9-11,19H,6,8,12H2. The van der Waals surface area contributed by atoms with Gasteiger partial charge < -0.3 is 9.64 Å². The van der Waals surface area contributed by atoms with Gasteiger partial charge in [-0.15, -0.1) is 22.7 Å². The zero-order chi connectivity index (χ0) is 17.2. The lowest BCUT2D eigenvalue weighted by Gasteiger charge is -2.35. The van der Waals surface area contributed by atoms with Crippen molar-refractivity contribution in [2.75, 3.05) is 13.2 Å². The van der Waals surface area contributed by atoms with Gasteiger partial charge >= 0.3 is 0 Å². The first kappa shape index (κ1) is 16.6. The van der Waals surface area contributed by atoms with Gasteiger partial charge in [-0.25, -0.2) is 0 Å². The third-order valence-electron chi connectivity index (χ3n) is 4.26. The first-order chi connectivity index (χ1) is 12.2. The summed E-state index contributed by atoms with van der Waals surface area (Å²) >= 11 is 9.43. The maximum atomic E-state index is 12.9. The van der Waals surface area contributed by atoms with Crippen molar-refractivity contribution in [1.29, 1.82) is 0 Å². The second-order valence-corrected chi connectivity index (χ2v) is 8.22. The summed E-state index contributed by atoms with van der Waals surface area (Å²) in [5, 5.41) is 4.77. The summed E-state index contributed by atoms with van der Waals surface area (Å²) in [4.78, 5) is 17.4. The Morgan fingerprint density at radius 3 is 2.92 bits per heavy atom. The third-order valence-corrected chi connectivity index (χ3v) is 6.41. The van der Waals surface area contributed by atoms with E-state index in [0.717, 1.165) is 6.42 Å². The van der Waals surface area contributed by atoms with E-state index in [0.29, 0.717) is 17.3 Å². The fourth-order valence-electron chi connectivity index (χ4n) is 3.12. The van der Waals surface area contributed by atoms with Crippen molar-refractivity contribution in [2.24, 2.45) is 0 Å². The summed E-state index contributed by atoms with van der Waals surface area (Å²) in [7, 11) is 0. The van der Waals surface area contributed by atoms with Crippen LogP contribution in [0.5, 0.6) is 5.75 Å². The molecule has 2 aromatic heterocycles. The second-order valence-electron chi connectivity index (χ2n) is 5.80. The SMILES string of the molecule is O=C(COc1cccc(Cl)c1)N1CCc2sccc2C1c1cccs1. The molecule has 1 aromatic carbocycles. The summed E-state index contributed by atoms with van der Waals surface area (Å²) in [6.07, 6.45) is 0.901. The first-order valence-electron chi connectivity index (χ1n) is 8.00. The lowest BCUT2D eigenvalue weighted by molar-refractivity contribution is -0.135. The number of rotatable bonds is 4. The van der Waals surface area contributed by atoms with Crippen molar-refractivity contribution in [3.63, 3.8) is 0 Å². The van der Waals surface area contributed by atoms with Crippen molar-refractivity contribution in [3.05, 3.63) is 73.6 Å². The molecule has 3 heterocycles. The molecule has 0 spiro atoms. The number of carbonyl (C=O) groups excluding carboxylic acids is 1. The van der Waals surface area contributed by atoms with E-state index in [2.05, 4.69) is 22.9 Å². The monoisotopic (exact) mass is 389 g/mol. The second kappa shape index (κ2) is 7.20. The van der Waals surface area contributed by atoms with E-state index in [-0.39, 0.29) is 18.6 Å². The smallest absolute Gasteiger partial charge is 0.261 e. The molecule has 1 aliphatic heterocycles. The molecule has 3 aromatic rings. The maximum Gasteiger partial charge on any atom is 0.261 e. The van der Waals surface area contributed by atoms with Crippen molar-refractivity contribution in [2.45, 2.75) is 12.5 Å². The van der Waals surface area contributed by atoms with Crippen molar-refractivity contribution in [1.82, 2.24) is 4.90 Å². The third kappa shape index (κ3) is 3.45. The van der Waals surface area contributed by atoms with Gasteiger partial charge in [-0.05, 0) is 53.1 Å². The summed E-state index contributed by atoms with van der Waals surface area (Å²) < 4.78 is 5.67. The highest BCUT2D eigenvalue weighted by molar-refractivity contribution is 7.10. The van der Waals surface area contributed by atoms with E-state index < -0.39 is 0 Å². The minimum absolute atomic E-state index is 0.00442. The van der Waals surface area contributed by atoms with E-state index in [1.165, 1.54) is 15.3 Å². The average Bonchev–Trinajstić information content (AvgIpc) is 3.30. The van der Waals surface area contributed by atoms with Crippen LogP contribution in [0.25, 0.3) is 0 Å². The predicted molar refractivity (Wildman–Crippen MR) is 103 cm³/mol. The molecule has 0 saturated carbocycles. The first-order valence-corrected chi connectivity index (χ1v) is 10.1. The highest BCUT2D eigenvalue weighted by Crippen LogP contribution is 2.39. The van der Waals surface area contributed by atoms with Crippen LogP contribution in [0.3, 0.4) is 0 Å². The molecule has 0 fully saturated rings. The number of hydrogen-bond acceptors (Lipinski definition) is 4. The molecule has 1 aliphatic rings. The predicted octanol–water partition coefficient (Wildman–Crippen LogP) is 5.02. The van der Waals surface area contributed by atoms with Crippen LogP contribution in [-0.4, -0.2) is 24.0 Å². The van der Waals surface area contributed by atoms with E-state index >= 15 is 0 Å². The minimum atomic E-state index is -0.00883. The Balaban J connectivity index is 1.55. The van der Waals surface area contributed by atoms with Gasteiger partial charge in [0.25, 0.3) is 5.91 Å². The highest BCUT2D eigenvalue weighted by Gasteiger charge is 2.33. The summed E-state index contributed by atoms with van der Waals surface area (Å²) in [6, 6.07) is 13.4. The van der Waals surface area contributed by atoms with Crippen LogP contribution in [0.15, 0.2) is 53.2 Å². The fourth-order valence-corrected chi connectivity index (χ4v) is 5.06. The Hall–Kier alpha value is -1.82. The van der Waals surface area contributed by atoms with Crippen LogP contribution in [0.4, 0.5) is 0 Å². The van der Waals surface area contributed by atoms with Gasteiger partial charge in [-0.2, -0.15) is 0 Å². The molecule has 3 nitrogen and oxygen atoms in total. The van der Waals surface area contributed by atoms with Gasteiger partial charge in [0.05, 0.1) is 6.04 Å². The Bertz CT molecular complexity index is 875. The van der Waals surface area contributed by atoms with Gasteiger partial charge in [0.2, 0.25) is 0 Å². The molecule has 0 saturated heterocycles. The number of carbonyl (C=O) groups is 1. The molecule has 0 bridgehead atoms. The molecule has 4 rings (SSSR count). The van der Waals surface area contributed by atoms with Crippen molar-refractivity contribution >= 4 is 40.2 Å². The molecule has 0 radical (unpaired) electrons. The van der Waals surface area contributed by atoms with E-state index in [1.54, 1.807) is 34.8 Å². The largest absolute Gasteiger partial charge is 0.484 e. The Kier molecular flexibility index (Phi) is 4.79. The van der Waals surface area contributed by atoms with Crippen molar-refractivity contribution < 1.29 is 9.53 Å². The average molecular weight is 390 g/mol. The van der Waals surface area contributed by atoms with Gasteiger partial charge in [-0.3, -0.25) is 4.79 Å². The fraction of sp³-hybridized carbons (Fsp3) is 0.211. The number of halogens is 1. The molecular formula is C19H16ClNO2S2. The molecular weight excluding hydrogens is 374 g/mol. The number of thiophene rings is 2. The highest BCUT2D eigenvalue weighted by atomic mass is 35.5. The number of amides is 1. The zero-order valence-electron chi connectivity index (χ0n) is 13.4. The van der Waals surface area contributed by atoms with Gasteiger partial charge in [0.15, 0.2) is 6.61 Å². The van der Waals surface area contributed by atoms with Crippen LogP contribution in [-0.2, 0) is 11.2 Å². The zero-order valence-corrected chi connectivity index (χ0v) is 15.7. The van der Waals surface area contributed by atoms with E-state index in [1.807, 2.05) is 23.1 Å². The van der Waals surface area contributed by atoms with Gasteiger partial charge in [0.1, 0.15) is 5.75 Å². The lowest BCUT2D eigenvalue weighted by Crippen LogP contribution is -2.42. The number of hydrogen-bond donors (Lipinski definition) is 0. The summed E-state index contributed by atoms with van der Waals surface area (Å²) in [5.41, 5.74) is 1.25. The quantitative estimate of drug-likeness (QED) is 0.627. The number of benzene rings is 1. The molecule has 0 aliphatic carbocycles. The van der Waals surface area contributed by atoms with Crippen LogP contribution in [0.1, 0.15) is 21.4 Å². The van der Waals surface area contributed by atoms with E-state index in [4.69, 9.17) is 16.3 Å². The number of fused-ring (bicyclic) bond motifs is 1. The topological polar surface area (TPSA) is 29.5 Å². The summed E-state index contributed by atoms with van der Waals surface area (Å²) in [5.74, 6) is 0.608. The molecule has 25 heavy (non-hydrogen) atoms. The van der Waals surface area contributed by atoms with Crippen LogP contribution in [0, 0.1) is 0 Å². The minimum Gasteiger partial charge on any atom is -0.484 e. The molecule has 1 amide bonds. The van der Waals surface area contributed by atoms with Crippen molar-refractivity contribution in [3.8, 4) is 5.75 Å².